The van der Waals surface area contributed by atoms with Crippen molar-refractivity contribution in [2.75, 3.05) is 0 Å². The summed E-state index contributed by atoms with van der Waals surface area (Å²) in [5.74, 6) is -1.13. The van der Waals surface area contributed by atoms with Crippen LogP contribution in [0.1, 0.15) is 17.2 Å². The van der Waals surface area contributed by atoms with Gasteiger partial charge in [-0.2, -0.15) is 13.2 Å². The van der Waals surface area contributed by atoms with Crippen LogP contribution in [0.5, 0.6) is 0 Å². The van der Waals surface area contributed by atoms with Gasteiger partial charge in [-0.1, -0.05) is 30.3 Å². The van der Waals surface area contributed by atoms with E-state index in [0.717, 1.165) is 5.56 Å². The third-order valence-electron chi connectivity index (χ3n) is 2.14. The Morgan fingerprint density at radius 3 is 2.44 bits per heavy atom. The van der Waals surface area contributed by atoms with Gasteiger partial charge in [0.25, 0.3) is 5.82 Å². The zero-order chi connectivity index (χ0) is 13.0. The van der Waals surface area contributed by atoms with E-state index in [9.17, 15) is 13.2 Å². The van der Waals surface area contributed by atoms with Crippen LogP contribution >= 0.6 is 0 Å². The number of aromatic amines is 1. The lowest BCUT2D eigenvalue weighted by atomic mass is 10.2. The minimum atomic E-state index is -4.53. The van der Waals surface area contributed by atoms with E-state index in [0.29, 0.717) is 6.61 Å². The second kappa shape index (κ2) is 5.18. The summed E-state index contributed by atoms with van der Waals surface area (Å²) < 4.78 is 41.8. The Balaban J connectivity index is 1.86. The lowest BCUT2D eigenvalue weighted by Gasteiger charge is -2.01. The molecule has 0 aliphatic heterocycles. The second-order valence-electron chi connectivity index (χ2n) is 3.58. The number of alkyl halides is 3. The van der Waals surface area contributed by atoms with Crippen LogP contribution in [0.25, 0.3) is 0 Å². The normalized spacial score (nSPS) is 11.7. The average Bonchev–Trinajstić information content (AvgIpc) is 2.79. The van der Waals surface area contributed by atoms with Gasteiger partial charge in [0.1, 0.15) is 6.61 Å². The molecule has 0 bridgehead atoms. The lowest BCUT2D eigenvalue weighted by Crippen LogP contribution is -2.07. The van der Waals surface area contributed by atoms with E-state index < -0.39 is 12.0 Å². The molecule has 4 nitrogen and oxygen atoms in total. The van der Waals surface area contributed by atoms with Gasteiger partial charge in [0.2, 0.25) is 0 Å². The molecule has 1 N–H and O–H groups in total. The highest BCUT2D eigenvalue weighted by Crippen LogP contribution is 2.25. The van der Waals surface area contributed by atoms with Gasteiger partial charge in [-0.3, -0.25) is 5.10 Å². The molecule has 2 rings (SSSR count). The van der Waals surface area contributed by atoms with Crippen molar-refractivity contribution >= 4 is 0 Å². The van der Waals surface area contributed by atoms with Crippen molar-refractivity contribution in [2.24, 2.45) is 0 Å². The Kier molecular flexibility index (Phi) is 3.61. The van der Waals surface area contributed by atoms with Crippen molar-refractivity contribution in [3.63, 3.8) is 0 Å². The molecule has 2 aromatic rings. The molecule has 1 aromatic heterocycles. The summed E-state index contributed by atoms with van der Waals surface area (Å²) in [4.78, 5) is 3.30. The van der Waals surface area contributed by atoms with Crippen LogP contribution in [-0.4, -0.2) is 15.2 Å². The molecule has 0 fully saturated rings. The maximum absolute atomic E-state index is 12.2. The zero-order valence-electron chi connectivity index (χ0n) is 9.24. The summed E-state index contributed by atoms with van der Waals surface area (Å²) in [5, 5.41) is 5.26. The molecule has 0 aliphatic carbocycles. The second-order valence-corrected chi connectivity index (χ2v) is 3.58. The highest BCUT2D eigenvalue weighted by atomic mass is 19.4. The summed E-state index contributed by atoms with van der Waals surface area (Å²) in [6, 6.07) is 9.31. The first-order chi connectivity index (χ1) is 8.55. The molecule has 0 unspecified atom stereocenters. The molecular weight excluding hydrogens is 247 g/mol. The van der Waals surface area contributed by atoms with E-state index in [4.69, 9.17) is 4.74 Å². The quantitative estimate of drug-likeness (QED) is 0.915. The first-order valence-electron chi connectivity index (χ1n) is 5.16. The number of hydrogen-bond donors (Lipinski definition) is 1. The predicted octanol–water partition coefficient (Wildman–Crippen LogP) is 2.54. The molecule has 0 saturated heterocycles. The van der Waals surface area contributed by atoms with E-state index in [2.05, 4.69) is 15.2 Å². The Hall–Kier alpha value is -1.89. The number of H-pyrrole nitrogens is 1. The van der Waals surface area contributed by atoms with Crippen molar-refractivity contribution in [3.05, 3.63) is 47.5 Å². The van der Waals surface area contributed by atoms with Crippen molar-refractivity contribution in [1.82, 2.24) is 15.2 Å². The fraction of sp³-hybridized carbons (Fsp3) is 0.273. The van der Waals surface area contributed by atoms with E-state index in [-0.39, 0.29) is 12.4 Å². The van der Waals surface area contributed by atoms with Gasteiger partial charge in [-0.15, -0.1) is 5.10 Å². The summed E-state index contributed by atoms with van der Waals surface area (Å²) in [7, 11) is 0. The third kappa shape index (κ3) is 3.30. The minimum Gasteiger partial charge on any atom is -0.369 e. The van der Waals surface area contributed by atoms with Crippen molar-refractivity contribution in [2.45, 2.75) is 19.4 Å². The monoisotopic (exact) mass is 257 g/mol. The fourth-order valence-corrected chi connectivity index (χ4v) is 1.33. The van der Waals surface area contributed by atoms with E-state index in [1.807, 2.05) is 30.3 Å². The van der Waals surface area contributed by atoms with E-state index in [1.165, 1.54) is 0 Å². The third-order valence-corrected chi connectivity index (χ3v) is 2.14. The number of benzene rings is 1. The smallest absolute Gasteiger partial charge is 0.369 e. The molecule has 0 amide bonds. The number of nitrogens with zero attached hydrogens (tertiary/aromatic N) is 2. The molecule has 1 aromatic carbocycles. The summed E-state index contributed by atoms with van der Waals surface area (Å²) in [6.45, 7) is 0.265. The maximum Gasteiger partial charge on any atom is 0.453 e. The van der Waals surface area contributed by atoms with Crippen LogP contribution in [0.3, 0.4) is 0 Å². The van der Waals surface area contributed by atoms with Crippen LogP contribution in [-0.2, 0) is 24.1 Å². The van der Waals surface area contributed by atoms with Crippen LogP contribution in [0.4, 0.5) is 13.2 Å². The fourth-order valence-electron chi connectivity index (χ4n) is 1.33. The Bertz CT molecular complexity index is 496. The highest BCUT2D eigenvalue weighted by Gasteiger charge is 2.35. The SMILES string of the molecule is FC(F)(F)c1n[nH]c(COCc2ccccc2)n1. The standard InChI is InChI=1S/C11H10F3N3O/c12-11(13,14)10-15-9(16-17-10)7-18-6-8-4-2-1-3-5-8/h1-5H,6-7H2,(H,15,16,17). The van der Waals surface area contributed by atoms with Crippen molar-refractivity contribution in [1.29, 1.82) is 0 Å². The van der Waals surface area contributed by atoms with Crippen LogP contribution < -0.4 is 0 Å². The maximum atomic E-state index is 12.2. The van der Waals surface area contributed by atoms with E-state index >= 15 is 0 Å². The summed E-state index contributed by atoms with van der Waals surface area (Å²) in [5.41, 5.74) is 0.938. The molecule has 18 heavy (non-hydrogen) atoms. The molecule has 96 valence electrons. The van der Waals surface area contributed by atoms with Crippen LogP contribution in [0, 0.1) is 0 Å². The van der Waals surface area contributed by atoms with Gasteiger partial charge in [0.15, 0.2) is 5.82 Å². The first-order valence-corrected chi connectivity index (χ1v) is 5.16. The number of nitrogens with one attached hydrogen (secondary N) is 1. The molecule has 0 spiro atoms. The van der Waals surface area contributed by atoms with Gasteiger partial charge in [-0.05, 0) is 5.56 Å². The number of hydrogen-bond acceptors (Lipinski definition) is 3. The minimum absolute atomic E-state index is 0.0437. The number of aromatic nitrogens is 3. The average molecular weight is 257 g/mol. The number of halogens is 3. The lowest BCUT2D eigenvalue weighted by molar-refractivity contribution is -0.144. The molecule has 0 radical (unpaired) electrons. The summed E-state index contributed by atoms with van der Waals surface area (Å²) in [6.07, 6.45) is -4.53. The van der Waals surface area contributed by atoms with Crippen molar-refractivity contribution < 1.29 is 17.9 Å². The Morgan fingerprint density at radius 1 is 1.11 bits per heavy atom. The van der Waals surface area contributed by atoms with Gasteiger partial charge < -0.3 is 4.74 Å². The molecule has 0 atom stereocenters. The van der Waals surface area contributed by atoms with Gasteiger partial charge >= 0.3 is 6.18 Å². The van der Waals surface area contributed by atoms with Gasteiger partial charge in [-0.25, -0.2) is 4.98 Å². The first kappa shape index (κ1) is 12.6. The number of rotatable bonds is 4. The predicted molar refractivity (Wildman–Crippen MR) is 56.3 cm³/mol. The van der Waals surface area contributed by atoms with E-state index in [1.54, 1.807) is 0 Å². The van der Waals surface area contributed by atoms with Gasteiger partial charge in [0.05, 0.1) is 6.61 Å². The Morgan fingerprint density at radius 2 is 1.83 bits per heavy atom. The van der Waals surface area contributed by atoms with Crippen LogP contribution in [0.15, 0.2) is 30.3 Å². The molecular formula is C11H10F3N3O. The molecule has 0 aliphatic rings. The highest BCUT2D eigenvalue weighted by molar-refractivity contribution is 5.13. The van der Waals surface area contributed by atoms with Crippen LogP contribution in [0.2, 0.25) is 0 Å². The topological polar surface area (TPSA) is 50.8 Å². The molecule has 7 heteroatoms. The summed E-state index contributed by atoms with van der Waals surface area (Å²) >= 11 is 0. The van der Waals surface area contributed by atoms with Gasteiger partial charge in [0, 0.05) is 0 Å². The Labute approximate surface area is 101 Å². The molecule has 1 heterocycles. The molecule has 0 saturated carbocycles. The zero-order valence-corrected chi connectivity index (χ0v) is 9.24. The van der Waals surface area contributed by atoms with Crippen molar-refractivity contribution in [3.8, 4) is 0 Å². The number of ether oxygens (including phenoxy) is 1. The largest absolute Gasteiger partial charge is 0.453 e.